The highest BCUT2D eigenvalue weighted by Crippen LogP contribution is 2.36. The molecular weight excluding hydrogens is 234 g/mol. The van der Waals surface area contributed by atoms with E-state index < -0.39 is 0 Å². The van der Waals surface area contributed by atoms with E-state index in [-0.39, 0.29) is 5.60 Å². The normalized spacial score (nSPS) is 16.2. The fourth-order valence-corrected chi connectivity index (χ4v) is 2.46. The van der Waals surface area contributed by atoms with E-state index in [1.807, 2.05) is 0 Å². The number of rotatable bonds is 1. The van der Waals surface area contributed by atoms with Crippen LogP contribution in [-0.2, 0) is 0 Å². The molecular formula is C17H19NO. The lowest BCUT2D eigenvalue weighted by atomic mass is 9.99. The van der Waals surface area contributed by atoms with Crippen LogP contribution in [0, 0.1) is 6.92 Å². The van der Waals surface area contributed by atoms with Crippen molar-refractivity contribution in [3.05, 3.63) is 48.0 Å². The summed E-state index contributed by atoms with van der Waals surface area (Å²) < 4.78 is 5.98. The number of hydrogen-bond acceptors (Lipinski definition) is 2. The smallest absolute Gasteiger partial charge is 0.143 e. The first-order chi connectivity index (χ1) is 9.05. The zero-order valence-electron chi connectivity index (χ0n) is 11.7. The predicted molar refractivity (Wildman–Crippen MR) is 79.8 cm³/mol. The summed E-state index contributed by atoms with van der Waals surface area (Å²) in [5, 5.41) is 3.46. The van der Waals surface area contributed by atoms with Gasteiger partial charge in [0.2, 0.25) is 0 Å². The molecule has 0 radical (unpaired) electrons. The van der Waals surface area contributed by atoms with Crippen LogP contribution in [0.15, 0.2) is 42.5 Å². The first-order valence-electron chi connectivity index (χ1n) is 6.68. The SMILES string of the molecule is Cc1ccccc1-c1ccc2c(c1)NCC(C)(C)O2. The van der Waals surface area contributed by atoms with E-state index >= 15 is 0 Å². The van der Waals surface area contributed by atoms with Gasteiger partial charge in [-0.2, -0.15) is 0 Å². The third-order valence-electron chi connectivity index (χ3n) is 3.53. The van der Waals surface area contributed by atoms with E-state index in [0.717, 1.165) is 18.0 Å². The standard InChI is InChI=1S/C17H19NO/c1-12-6-4-5-7-14(12)13-8-9-16-15(10-13)18-11-17(2,3)19-16/h4-10,18H,11H2,1-3H3. The second kappa shape index (κ2) is 4.30. The number of anilines is 1. The summed E-state index contributed by atoms with van der Waals surface area (Å²) in [6.07, 6.45) is 0. The molecule has 2 nitrogen and oxygen atoms in total. The minimum atomic E-state index is -0.142. The predicted octanol–water partition coefficient (Wildman–Crippen LogP) is 4.24. The molecule has 2 aromatic carbocycles. The fraction of sp³-hybridized carbons (Fsp3) is 0.294. The van der Waals surface area contributed by atoms with Gasteiger partial charge in [0.1, 0.15) is 11.4 Å². The maximum atomic E-state index is 5.98. The summed E-state index contributed by atoms with van der Waals surface area (Å²) >= 11 is 0. The van der Waals surface area contributed by atoms with Crippen LogP contribution in [0.4, 0.5) is 5.69 Å². The van der Waals surface area contributed by atoms with Gasteiger partial charge >= 0.3 is 0 Å². The third-order valence-corrected chi connectivity index (χ3v) is 3.53. The average molecular weight is 253 g/mol. The Labute approximate surface area is 114 Å². The molecule has 0 aliphatic carbocycles. The Balaban J connectivity index is 2.02. The number of nitrogens with one attached hydrogen (secondary N) is 1. The van der Waals surface area contributed by atoms with E-state index in [1.54, 1.807) is 0 Å². The van der Waals surface area contributed by atoms with Gasteiger partial charge < -0.3 is 10.1 Å². The average Bonchev–Trinajstić information content (AvgIpc) is 2.38. The van der Waals surface area contributed by atoms with Crippen LogP contribution >= 0.6 is 0 Å². The lowest BCUT2D eigenvalue weighted by Gasteiger charge is -2.33. The van der Waals surface area contributed by atoms with Crippen LogP contribution in [0.3, 0.4) is 0 Å². The van der Waals surface area contributed by atoms with E-state index in [4.69, 9.17) is 4.74 Å². The highest BCUT2D eigenvalue weighted by atomic mass is 16.5. The minimum Gasteiger partial charge on any atom is -0.484 e. The molecule has 0 amide bonds. The van der Waals surface area contributed by atoms with Crippen molar-refractivity contribution in [1.29, 1.82) is 0 Å². The molecule has 0 aromatic heterocycles. The molecule has 0 atom stereocenters. The van der Waals surface area contributed by atoms with Crippen LogP contribution in [0.5, 0.6) is 5.75 Å². The topological polar surface area (TPSA) is 21.3 Å². The lowest BCUT2D eigenvalue weighted by Crippen LogP contribution is -2.39. The Morgan fingerprint density at radius 3 is 2.68 bits per heavy atom. The van der Waals surface area contributed by atoms with E-state index in [9.17, 15) is 0 Å². The van der Waals surface area contributed by atoms with Gasteiger partial charge in [-0.25, -0.2) is 0 Å². The first kappa shape index (κ1) is 12.1. The molecule has 2 aromatic rings. The lowest BCUT2D eigenvalue weighted by molar-refractivity contribution is 0.116. The zero-order chi connectivity index (χ0) is 13.5. The van der Waals surface area contributed by atoms with Crippen molar-refractivity contribution in [2.75, 3.05) is 11.9 Å². The van der Waals surface area contributed by atoms with Crippen molar-refractivity contribution >= 4 is 5.69 Å². The van der Waals surface area contributed by atoms with Gasteiger partial charge in [0, 0.05) is 0 Å². The monoisotopic (exact) mass is 253 g/mol. The van der Waals surface area contributed by atoms with Crippen molar-refractivity contribution in [1.82, 2.24) is 0 Å². The minimum absolute atomic E-state index is 0.142. The Morgan fingerprint density at radius 2 is 1.89 bits per heavy atom. The van der Waals surface area contributed by atoms with Gasteiger partial charge in [0.15, 0.2) is 0 Å². The summed E-state index contributed by atoms with van der Waals surface area (Å²) in [5.41, 5.74) is 4.74. The Bertz CT molecular complexity index is 616. The molecule has 19 heavy (non-hydrogen) atoms. The number of hydrogen-bond donors (Lipinski definition) is 1. The molecule has 0 fully saturated rings. The van der Waals surface area contributed by atoms with Crippen molar-refractivity contribution in [2.24, 2.45) is 0 Å². The molecule has 0 bridgehead atoms. The van der Waals surface area contributed by atoms with Crippen molar-refractivity contribution in [3.8, 4) is 16.9 Å². The van der Waals surface area contributed by atoms with Crippen LogP contribution in [0.2, 0.25) is 0 Å². The van der Waals surface area contributed by atoms with Gasteiger partial charge in [-0.05, 0) is 49.6 Å². The second-order valence-electron chi connectivity index (χ2n) is 5.74. The largest absolute Gasteiger partial charge is 0.484 e. The Kier molecular flexibility index (Phi) is 2.74. The van der Waals surface area contributed by atoms with Crippen LogP contribution in [0.1, 0.15) is 19.4 Å². The van der Waals surface area contributed by atoms with Gasteiger partial charge in [-0.1, -0.05) is 30.3 Å². The van der Waals surface area contributed by atoms with E-state index in [1.165, 1.54) is 16.7 Å². The van der Waals surface area contributed by atoms with E-state index in [0.29, 0.717) is 0 Å². The van der Waals surface area contributed by atoms with E-state index in [2.05, 4.69) is 68.6 Å². The zero-order valence-corrected chi connectivity index (χ0v) is 11.7. The number of benzene rings is 2. The molecule has 98 valence electrons. The first-order valence-corrected chi connectivity index (χ1v) is 6.68. The van der Waals surface area contributed by atoms with Crippen molar-refractivity contribution < 1.29 is 4.74 Å². The van der Waals surface area contributed by atoms with Crippen molar-refractivity contribution in [3.63, 3.8) is 0 Å². The Hall–Kier alpha value is -1.96. The highest BCUT2D eigenvalue weighted by molar-refractivity contribution is 5.74. The highest BCUT2D eigenvalue weighted by Gasteiger charge is 2.26. The second-order valence-corrected chi connectivity index (χ2v) is 5.74. The molecule has 3 rings (SSSR count). The number of ether oxygens (including phenoxy) is 1. The molecule has 2 heteroatoms. The van der Waals surface area contributed by atoms with Gasteiger partial charge in [-0.3, -0.25) is 0 Å². The molecule has 0 saturated carbocycles. The van der Waals surface area contributed by atoms with Gasteiger partial charge in [0.05, 0.1) is 12.2 Å². The van der Waals surface area contributed by atoms with Crippen LogP contribution in [0.25, 0.3) is 11.1 Å². The Morgan fingerprint density at radius 1 is 1.11 bits per heavy atom. The quantitative estimate of drug-likeness (QED) is 0.820. The molecule has 1 aliphatic rings. The van der Waals surface area contributed by atoms with Crippen LogP contribution < -0.4 is 10.1 Å². The summed E-state index contributed by atoms with van der Waals surface area (Å²) in [7, 11) is 0. The molecule has 0 saturated heterocycles. The molecule has 1 heterocycles. The summed E-state index contributed by atoms with van der Waals surface area (Å²) in [5.74, 6) is 0.939. The molecule has 1 aliphatic heterocycles. The molecule has 0 spiro atoms. The molecule has 1 N–H and O–H groups in total. The third kappa shape index (κ3) is 2.30. The summed E-state index contributed by atoms with van der Waals surface area (Å²) in [6.45, 7) is 7.16. The van der Waals surface area contributed by atoms with Gasteiger partial charge in [-0.15, -0.1) is 0 Å². The fourth-order valence-electron chi connectivity index (χ4n) is 2.46. The number of aryl methyl sites for hydroxylation is 1. The number of fused-ring (bicyclic) bond motifs is 1. The van der Waals surface area contributed by atoms with Crippen molar-refractivity contribution in [2.45, 2.75) is 26.4 Å². The van der Waals surface area contributed by atoms with Gasteiger partial charge in [0.25, 0.3) is 0 Å². The summed E-state index contributed by atoms with van der Waals surface area (Å²) in [4.78, 5) is 0. The summed E-state index contributed by atoms with van der Waals surface area (Å²) in [6, 6.07) is 14.8. The van der Waals surface area contributed by atoms with Crippen LogP contribution in [-0.4, -0.2) is 12.1 Å². The molecule has 0 unspecified atom stereocenters. The maximum Gasteiger partial charge on any atom is 0.143 e. The maximum absolute atomic E-state index is 5.98.